The molecular weight excluding hydrogens is 252 g/mol. The number of amides is 1. The van der Waals surface area contributed by atoms with Gasteiger partial charge in [0.05, 0.1) is 12.6 Å². The fourth-order valence-electron chi connectivity index (χ4n) is 2.57. The SMILES string of the molecule is NCCCC(=O)N(CCc1ccccc1)C1CCOC1. The summed E-state index contributed by atoms with van der Waals surface area (Å²) < 4.78 is 5.43. The van der Waals surface area contributed by atoms with E-state index in [2.05, 4.69) is 12.1 Å². The quantitative estimate of drug-likeness (QED) is 0.822. The first-order chi connectivity index (χ1) is 9.81. The predicted octanol–water partition coefficient (Wildman–Crippen LogP) is 1.59. The molecule has 1 atom stereocenters. The van der Waals surface area contributed by atoms with E-state index in [9.17, 15) is 4.79 Å². The number of nitrogens with zero attached hydrogens (tertiary/aromatic N) is 1. The van der Waals surface area contributed by atoms with E-state index in [4.69, 9.17) is 10.5 Å². The lowest BCUT2D eigenvalue weighted by molar-refractivity contribution is -0.133. The van der Waals surface area contributed by atoms with Gasteiger partial charge in [0, 0.05) is 19.6 Å². The highest BCUT2D eigenvalue weighted by Gasteiger charge is 2.26. The summed E-state index contributed by atoms with van der Waals surface area (Å²) in [5.41, 5.74) is 6.77. The number of ether oxygens (including phenoxy) is 1. The van der Waals surface area contributed by atoms with Crippen molar-refractivity contribution in [3.8, 4) is 0 Å². The number of rotatable bonds is 7. The number of hydrogen-bond donors (Lipinski definition) is 1. The van der Waals surface area contributed by atoms with E-state index in [1.165, 1.54) is 5.56 Å². The van der Waals surface area contributed by atoms with Gasteiger partial charge in [-0.25, -0.2) is 0 Å². The molecule has 0 radical (unpaired) electrons. The minimum Gasteiger partial charge on any atom is -0.379 e. The van der Waals surface area contributed by atoms with Crippen LogP contribution in [0.3, 0.4) is 0 Å². The highest BCUT2D eigenvalue weighted by atomic mass is 16.5. The van der Waals surface area contributed by atoms with Crippen LogP contribution >= 0.6 is 0 Å². The monoisotopic (exact) mass is 276 g/mol. The van der Waals surface area contributed by atoms with Crippen LogP contribution in [0.5, 0.6) is 0 Å². The van der Waals surface area contributed by atoms with Gasteiger partial charge in [-0.3, -0.25) is 4.79 Å². The van der Waals surface area contributed by atoms with Crippen molar-refractivity contribution in [2.45, 2.75) is 31.7 Å². The zero-order chi connectivity index (χ0) is 14.2. The minimum atomic E-state index is 0.210. The Bertz CT molecular complexity index is 402. The molecule has 1 saturated heterocycles. The molecule has 1 aliphatic rings. The van der Waals surface area contributed by atoms with Gasteiger partial charge in [-0.15, -0.1) is 0 Å². The summed E-state index contributed by atoms with van der Waals surface area (Å²) in [6.45, 7) is 2.76. The zero-order valence-corrected chi connectivity index (χ0v) is 12.0. The number of carbonyl (C=O) groups is 1. The van der Waals surface area contributed by atoms with Gasteiger partial charge in [0.2, 0.25) is 5.91 Å². The number of nitrogens with two attached hydrogens (primary N) is 1. The molecule has 1 aliphatic heterocycles. The number of hydrogen-bond acceptors (Lipinski definition) is 3. The average Bonchev–Trinajstić information content (AvgIpc) is 3.00. The Morgan fingerprint density at radius 2 is 2.15 bits per heavy atom. The molecular formula is C16H24N2O2. The molecule has 4 nitrogen and oxygen atoms in total. The third-order valence-corrected chi connectivity index (χ3v) is 3.75. The smallest absolute Gasteiger partial charge is 0.222 e. The van der Waals surface area contributed by atoms with Crippen molar-refractivity contribution in [1.82, 2.24) is 4.90 Å². The molecule has 110 valence electrons. The first kappa shape index (κ1) is 15.0. The summed E-state index contributed by atoms with van der Waals surface area (Å²) >= 11 is 0. The lowest BCUT2D eigenvalue weighted by atomic mass is 10.1. The van der Waals surface area contributed by atoms with Gasteiger partial charge in [0.25, 0.3) is 0 Å². The molecule has 1 heterocycles. The molecule has 0 saturated carbocycles. The number of carbonyl (C=O) groups excluding carboxylic acids is 1. The summed E-state index contributed by atoms with van der Waals surface area (Å²) in [6.07, 6.45) is 3.14. The molecule has 20 heavy (non-hydrogen) atoms. The first-order valence-corrected chi connectivity index (χ1v) is 7.42. The van der Waals surface area contributed by atoms with Crippen LogP contribution in [0.2, 0.25) is 0 Å². The van der Waals surface area contributed by atoms with Crippen molar-refractivity contribution < 1.29 is 9.53 Å². The second-order valence-electron chi connectivity index (χ2n) is 5.23. The van der Waals surface area contributed by atoms with Crippen molar-refractivity contribution in [1.29, 1.82) is 0 Å². The lowest BCUT2D eigenvalue weighted by Crippen LogP contribution is -2.42. The number of benzene rings is 1. The van der Waals surface area contributed by atoms with E-state index in [1.54, 1.807) is 0 Å². The van der Waals surface area contributed by atoms with Gasteiger partial charge < -0.3 is 15.4 Å². The van der Waals surface area contributed by atoms with E-state index in [0.717, 1.165) is 32.4 Å². The molecule has 1 aromatic carbocycles. The molecule has 0 aromatic heterocycles. The van der Waals surface area contributed by atoms with Crippen molar-refractivity contribution in [3.05, 3.63) is 35.9 Å². The third kappa shape index (κ3) is 4.32. The Morgan fingerprint density at radius 3 is 2.80 bits per heavy atom. The summed E-state index contributed by atoms with van der Waals surface area (Å²) in [6, 6.07) is 10.5. The van der Waals surface area contributed by atoms with E-state index >= 15 is 0 Å². The van der Waals surface area contributed by atoms with E-state index in [-0.39, 0.29) is 11.9 Å². The maximum absolute atomic E-state index is 12.3. The van der Waals surface area contributed by atoms with E-state index in [1.807, 2.05) is 23.1 Å². The topological polar surface area (TPSA) is 55.6 Å². The lowest BCUT2D eigenvalue weighted by Gasteiger charge is -2.28. The van der Waals surface area contributed by atoms with Crippen LogP contribution in [-0.2, 0) is 16.0 Å². The fraction of sp³-hybridized carbons (Fsp3) is 0.562. The van der Waals surface area contributed by atoms with E-state index < -0.39 is 0 Å². The highest BCUT2D eigenvalue weighted by molar-refractivity contribution is 5.76. The molecule has 4 heteroatoms. The highest BCUT2D eigenvalue weighted by Crippen LogP contribution is 2.15. The normalized spacial score (nSPS) is 18.1. The largest absolute Gasteiger partial charge is 0.379 e. The van der Waals surface area contributed by atoms with Gasteiger partial charge in [-0.1, -0.05) is 30.3 Å². The standard InChI is InChI=1S/C16H24N2O2/c17-10-4-7-16(19)18(15-9-12-20-13-15)11-8-14-5-2-1-3-6-14/h1-3,5-6,15H,4,7-13,17H2. The van der Waals surface area contributed by atoms with E-state index in [0.29, 0.717) is 19.6 Å². The molecule has 0 spiro atoms. The van der Waals surface area contributed by atoms with Gasteiger partial charge in [-0.05, 0) is 31.4 Å². The van der Waals surface area contributed by atoms with Gasteiger partial charge >= 0.3 is 0 Å². The zero-order valence-electron chi connectivity index (χ0n) is 12.0. The van der Waals surface area contributed by atoms with Crippen LogP contribution < -0.4 is 5.73 Å². The van der Waals surface area contributed by atoms with Gasteiger partial charge in [0.1, 0.15) is 0 Å². The van der Waals surface area contributed by atoms with Gasteiger partial charge in [0.15, 0.2) is 0 Å². The molecule has 1 fully saturated rings. The fourth-order valence-corrected chi connectivity index (χ4v) is 2.57. The Labute approximate surface area is 120 Å². The van der Waals surface area contributed by atoms with Crippen LogP contribution in [0.25, 0.3) is 0 Å². The molecule has 1 aromatic rings. The van der Waals surface area contributed by atoms with Crippen LogP contribution in [0.1, 0.15) is 24.8 Å². The summed E-state index contributed by atoms with van der Waals surface area (Å²) in [5, 5.41) is 0. The third-order valence-electron chi connectivity index (χ3n) is 3.75. The Morgan fingerprint density at radius 1 is 1.35 bits per heavy atom. The Hall–Kier alpha value is -1.39. The second kappa shape index (κ2) is 8.02. The molecule has 1 amide bonds. The van der Waals surface area contributed by atoms with Crippen molar-refractivity contribution in [2.75, 3.05) is 26.3 Å². The maximum atomic E-state index is 12.3. The summed E-state index contributed by atoms with van der Waals surface area (Å²) in [5.74, 6) is 0.210. The van der Waals surface area contributed by atoms with Crippen LogP contribution in [0.4, 0.5) is 0 Å². The molecule has 2 rings (SSSR count). The maximum Gasteiger partial charge on any atom is 0.222 e. The molecule has 0 aliphatic carbocycles. The molecule has 2 N–H and O–H groups in total. The van der Waals surface area contributed by atoms with Crippen molar-refractivity contribution in [3.63, 3.8) is 0 Å². The first-order valence-electron chi connectivity index (χ1n) is 7.42. The summed E-state index contributed by atoms with van der Waals surface area (Å²) in [4.78, 5) is 14.3. The average molecular weight is 276 g/mol. The Kier molecular flexibility index (Phi) is 6.02. The minimum absolute atomic E-state index is 0.210. The van der Waals surface area contributed by atoms with Crippen LogP contribution in [0, 0.1) is 0 Å². The van der Waals surface area contributed by atoms with Crippen molar-refractivity contribution in [2.24, 2.45) is 5.73 Å². The van der Waals surface area contributed by atoms with Crippen LogP contribution in [-0.4, -0.2) is 43.2 Å². The molecule has 1 unspecified atom stereocenters. The second-order valence-corrected chi connectivity index (χ2v) is 5.23. The summed E-state index contributed by atoms with van der Waals surface area (Å²) in [7, 11) is 0. The predicted molar refractivity (Wildman–Crippen MR) is 79.4 cm³/mol. The van der Waals surface area contributed by atoms with Crippen LogP contribution in [0.15, 0.2) is 30.3 Å². The van der Waals surface area contributed by atoms with Crippen molar-refractivity contribution >= 4 is 5.91 Å². The van der Waals surface area contributed by atoms with Gasteiger partial charge in [-0.2, -0.15) is 0 Å². The molecule has 0 bridgehead atoms. The Balaban J connectivity index is 1.93.